The molecule has 0 fully saturated rings. The summed E-state index contributed by atoms with van der Waals surface area (Å²) in [6.07, 6.45) is 5.93. The summed E-state index contributed by atoms with van der Waals surface area (Å²) >= 11 is 3.36. The molecule has 5 nitrogen and oxygen atoms in total. The van der Waals surface area contributed by atoms with Crippen LogP contribution in [-0.2, 0) is 11.3 Å². The molecule has 0 unspecified atom stereocenters. The number of allylic oxidation sites excluding steroid dienone is 4. The van der Waals surface area contributed by atoms with Gasteiger partial charge >= 0.3 is 0 Å². The number of nitrogens with zero attached hydrogens (tertiary/aromatic N) is 2. The van der Waals surface area contributed by atoms with Crippen LogP contribution >= 0.6 is 15.9 Å². The predicted octanol–water partition coefficient (Wildman–Crippen LogP) is 4.48. The van der Waals surface area contributed by atoms with E-state index in [0.29, 0.717) is 22.1 Å². The fourth-order valence-electron chi connectivity index (χ4n) is 3.02. The van der Waals surface area contributed by atoms with Crippen LogP contribution in [0, 0.1) is 0 Å². The molecule has 0 amide bonds. The minimum Gasteiger partial charge on any atom is -0.340 e. The molecule has 2 heterocycles. The number of carbonyl (C=O) groups excluding carboxylic acids is 2. The molecule has 0 radical (unpaired) electrons. The summed E-state index contributed by atoms with van der Waals surface area (Å²) in [5, 5.41) is 0.458. The second-order valence-corrected chi connectivity index (χ2v) is 7.30. The highest BCUT2D eigenvalue weighted by molar-refractivity contribution is 9.10. The monoisotopic (exact) mass is 450 g/mol. The van der Waals surface area contributed by atoms with Crippen molar-refractivity contribution in [1.29, 1.82) is 0 Å². The second-order valence-electron chi connectivity index (χ2n) is 6.49. The van der Waals surface area contributed by atoms with E-state index in [1.165, 1.54) is 19.1 Å². The largest absolute Gasteiger partial charge is 0.340 e. The molecule has 0 atom stereocenters. The van der Waals surface area contributed by atoms with E-state index < -0.39 is 5.78 Å². The molecule has 2 aromatic heterocycles. The Morgan fingerprint density at radius 3 is 2.55 bits per heavy atom. The van der Waals surface area contributed by atoms with Crippen LogP contribution < -0.4 is 5.43 Å². The van der Waals surface area contributed by atoms with Crippen molar-refractivity contribution in [1.82, 2.24) is 9.55 Å². The third-order valence-electron chi connectivity index (χ3n) is 4.41. The highest BCUT2D eigenvalue weighted by Gasteiger charge is 2.17. The van der Waals surface area contributed by atoms with E-state index in [-0.39, 0.29) is 16.8 Å². The second kappa shape index (κ2) is 8.92. The lowest BCUT2D eigenvalue weighted by Crippen LogP contribution is -2.20. The summed E-state index contributed by atoms with van der Waals surface area (Å²) in [7, 11) is 0. The van der Waals surface area contributed by atoms with Gasteiger partial charge in [-0.25, -0.2) is 4.98 Å². The number of pyridine rings is 2. The molecule has 6 heteroatoms. The van der Waals surface area contributed by atoms with Gasteiger partial charge in [-0.05, 0) is 66.2 Å². The lowest BCUT2D eigenvalue weighted by molar-refractivity contribution is -0.112. The molecule has 0 spiro atoms. The highest BCUT2D eigenvalue weighted by Crippen LogP contribution is 2.17. The van der Waals surface area contributed by atoms with E-state index in [4.69, 9.17) is 0 Å². The van der Waals surface area contributed by atoms with Crippen LogP contribution in [0.2, 0.25) is 0 Å². The Balaban J connectivity index is 2.16. The smallest absolute Gasteiger partial charge is 0.200 e. The van der Waals surface area contributed by atoms with Gasteiger partial charge in [0, 0.05) is 17.2 Å². The van der Waals surface area contributed by atoms with Crippen molar-refractivity contribution in [3.8, 4) is 0 Å². The molecular weight excluding hydrogens is 432 g/mol. The first-order valence-electron chi connectivity index (χ1n) is 9.04. The van der Waals surface area contributed by atoms with Crippen LogP contribution in [0.5, 0.6) is 0 Å². The van der Waals surface area contributed by atoms with Gasteiger partial charge in [0.05, 0.1) is 23.3 Å². The van der Waals surface area contributed by atoms with Gasteiger partial charge in [-0.15, -0.1) is 0 Å². The molecule has 0 bridgehead atoms. The Hall–Kier alpha value is -3.12. The average Bonchev–Trinajstić information content (AvgIpc) is 2.70. The highest BCUT2D eigenvalue weighted by atomic mass is 79.9. The lowest BCUT2D eigenvalue weighted by atomic mass is 10.0. The minimum absolute atomic E-state index is 0.0556. The Morgan fingerprint density at radius 1 is 1.10 bits per heavy atom. The van der Waals surface area contributed by atoms with E-state index in [9.17, 15) is 14.4 Å². The molecule has 3 rings (SSSR count). The van der Waals surface area contributed by atoms with Gasteiger partial charge in [0.2, 0.25) is 5.43 Å². The standard InChI is InChI=1S/C23H19BrN2O3/c1-3-16(12-11-15(2)27)22(28)19-14-26(13-17-7-6-10-21(24)25-17)20-9-5-4-8-18(20)23(19)29/h3-12,14H,13H2,1-2H3/b12-11-,16-3+. The lowest BCUT2D eigenvalue weighted by Gasteiger charge is -2.13. The summed E-state index contributed by atoms with van der Waals surface area (Å²) in [4.78, 5) is 41.7. The molecular formula is C23H19BrN2O3. The first-order chi connectivity index (χ1) is 13.9. The van der Waals surface area contributed by atoms with E-state index >= 15 is 0 Å². The van der Waals surface area contributed by atoms with Crippen LogP contribution in [-0.4, -0.2) is 21.1 Å². The van der Waals surface area contributed by atoms with Crippen molar-refractivity contribution in [3.63, 3.8) is 0 Å². The number of fused-ring (bicyclic) bond motifs is 1. The molecule has 29 heavy (non-hydrogen) atoms. The summed E-state index contributed by atoms with van der Waals surface area (Å²) in [6.45, 7) is 3.50. The predicted molar refractivity (Wildman–Crippen MR) is 117 cm³/mol. The number of para-hydroxylation sites is 1. The number of Topliss-reactive ketones (excluding diaryl/α,β-unsaturated/α-hetero) is 1. The summed E-state index contributed by atoms with van der Waals surface area (Å²) in [6, 6.07) is 12.8. The van der Waals surface area contributed by atoms with Gasteiger partial charge in [-0.2, -0.15) is 0 Å². The van der Waals surface area contributed by atoms with Crippen molar-refractivity contribution in [2.45, 2.75) is 20.4 Å². The zero-order valence-corrected chi connectivity index (χ0v) is 17.6. The zero-order chi connectivity index (χ0) is 21.0. The summed E-state index contributed by atoms with van der Waals surface area (Å²) in [5.74, 6) is -0.592. The molecule has 3 aromatic rings. The van der Waals surface area contributed by atoms with Crippen LogP contribution in [0.15, 0.2) is 81.9 Å². The maximum absolute atomic E-state index is 13.0. The van der Waals surface area contributed by atoms with Gasteiger partial charge in [-0.1, -0.05) is 24.3 Å². The molecule has 0 N–H and O–H groups in total. The van der Waals surface area contributed by atoms with Crippen LogP contribution in [0.3, 0.4) is 0 Å². The SMILES string of the molecule is C/C=C(\C=C/C(C)=O)C(=O)c1cn(Cc2cccc(Br)n2)c2ccccc2c1=O. The molecule has 0 aliphatic heterocycles. The topological polar surface area (TPSA) is 69.0 Å². The number of ketones is 2. The third kappa shape index (κ3) is 4.66. The Kier molecular flexibility index (Phi) is 6.34. The van der Waals surface area contributed by atoms with Crippen LogP contribution in [0.4, 0.5) is 0 Å². The first kappa shape index (κ1) is 20.6. The number of rotatable bonds is 6. The molecule has 0 saturated carbocycles. The van der Waals surface area contributed by atoms with Crippen molar-refractivity contribution >= 4 is 38.4 Å². The van der Waals surface area contributed by atoms with Crippen LogP contribution in [0.1, 0.15) is 29.9 Å². The van der Waals surface area contributed by atoms with Gasteiger partial charge in [0.25, 0.3) is 0 Å². The maximum atomic E-state index is 13.0. The van der Waals surface area contributed by atoms with Crippen molar-refractivity contribution in [3.05, 3.63) is 98.5 Å². The average molecular weight is 451 g/mol. The van der Waals surface area contributed by atoms with E-state index in [2.05, 4.69) is 20.9 Å². The molecule has 1 aromatic carbocycles. The number of hydrogen-bond donors (Lipinski definition) is 0. The molecule has 0 aliphatic rings. The van der Waals surface area contributed by atoms with E-state index in [0.717, 1.165) is 11.2 Å². The summed E-state index contributed by atoms with van der Waals surface area (Å²) < 4.78 is 2.56. The van der Waals surface area contributed by atoms with Gasteiger partial charge < -0.3 is 4.57 Å². The first-order valence-corrected chi connectivity index (χ1v) is 9.83. The van der Waals surface area contributed by atoms with Gasteiger partial charge in [0.1, 0.15) is 4.60 Å². The Labute approximate surface area is 176 Å². The minimum atomic E-state index is -0.420. The maximum Gasteiger partial charge on any atom is 0.200 e. The molecule has 0 aliphatic carbocycles. The number of benzene rings is 1. The number of hydrogen-bond acceptors (Lipinski definition) is 4. The number of aromatic nitrogens is 2. The normalized spacial score (nSPS) is 11.9. The van der Waals surface area contributed by atoms with Crippen molar-refractivity contribution < 1.29 is 9.59 Å². The van der Waals surface area contributed by atoms with Crippen molar-refractivity contribution in [2.24, 2.45) is 0 Å². The fraction of sp³-hybridized carbons (Fsp3) is 0.130. The Morgan fingerprint density at radius 2 is 1.86 bits per heavy atom. The fourth-order valence-corrected chi connectivity index (χ4v) is 3.40. The van der Waals surface area contributed by atoms with E-state index in [1.54, 1.807) is 31.3 Å². The van der Waals surface area contributed by atoms with Gasteiger partial charge in [-0.3, -0.25) is 14.4 Å². The van der Waals surface area contributed by atoms with Gasteiger partial charge in [0.15, 0.2) is 11.6 Å². The molecule has 0 saturated heterocycles. The Bertz CT molecular complexity index is 1220. The quantitative estimate of drug-likeness (QED) is 0.240. The number of carbonyl (C=O) groups is 2. The van der Waals surface area contributed by atoms with E-state index in [1.807, 2.05) is 34.9 Å². The third-order valence-corrected chi connectivity index (χ3v) is 4.85. The summed E-state index contributed by atoms with van der Waals surface area (Å²) in [5.41, 5.74) is 1.52. The molecule has 146 valence electrons. The van der Waals surface area contributed by atoms with Crippen LogP contribution in [0.25, 0.3) is 10.9 Å². The number of halogens is 1. The zero-order valence-electron chi connectivity index (χ0n) is 16.1. The van der Waals surface area contributed by atoms with Crippen molar-refractivity contribution in [2.75, 3.05) is 0 Å².